The fraction of sp³-hybridized carbons (Fsp3) is 0.714. The van der Waals surface area contributed by atoms with Gasteiger partial charge in [0.2, 0.25) is 0 Å². The number of anilines is 2. The summed E-state index contributed by atoms with van der Waals surface area (Å²) in [6.45, 7) is 11.4. The van der Waals surface area contributed by atoms with Crippen LogP contribution in [0.1, 0.15) is 52.7 Å². The Morgan fingerprint density at radius 3 is 2.75 bits per heavy atom. The standard InChI is InChI=1S/C14H24N4O2/c1-9(2)10-11(16-13(19)20-14(3,4)5)12-15-7-6-8-18(12)17-10/h9,15H,6-8H2,1-5H3,(H,16,19). The van der Waals surface area contributed by atoms with Crippen molar-refractivity contribution in [3.63, 3.8) is 0 Å². The highest BCUT2D eigenvalue weighted by molar-refractivity contribution is 5.90. The smallest absolute Gasteiger partial charge is 0.412 e. The van der Waals surface area contributed by atoms with E-state index in [2.05, 4.69) is 29.6 Å². The third-order valence-corrected chi connectivity index (χ3v) is 2.99. The van der Waals surface area contributed by atoms with E-state index in [0.717, 1.165) is 36.7 Å². The molecule has 0 saturated carbocycles. The van der Waals surface area contributed by atoms with Crippen LogP contribution in [0.4, 0.5) is 16.3 Å². The number of ether oxygens (including phenoxy) is 1. The molecule has 6 nitrogen and oxygen atoms in total. The van der Waals surface area contributed by atoms with Gasteiger partial charge in [-0.3, -0.25) is 5.32 Å². The monoisotopic (exact) mass is 280 g/mol. The number of aromatic nitrogens is 2. The quantitative estimate of drug-likeness (QED) is 0.873. The van der Waals surface area contributed by atoms with Gasteiger partial charge in [0.15, 0.2) is 0 Å². The van der Waals surface area contributed by atoms with E-state index in [0.29, 0.717) is 0 Å². The molecule has 2 rings (SSSR count). The molecule has 0 unspecified atom stereocenters. The lowest BCUT2D eigenvalue weighted by atomic mass is 10.1. The number of carbonyl (C=O) groups excluding carboxylic acids is 1. The molecule has 1 aromatic rings. The highest BCUT2D eigenvalue weighted by Gasteiger charge is 2.25. The van der Waals surface area contributed by atoms with E-state index in [1.54, 1.807) is 0 Å². The van der Waals surface area contributed by atoms with Crippen LogP contribution in [0.25, 0.3) is 0 Å². The van der Waals surface area contributed by atoms with E-state index < -0.39 is 11.7 Å². The van der Waals surface area contributed by atoms with E-state index in [4.69, 9.17) is 4.74 Å². The fourth-order valence-electron chi connectivity index (χ4n) is 2.19. The SMILES string of the molecule is CC(C)c1nn2c(c1NC(=O)OC(C)(C)C)NCCC2. The molecule has 0 aliphatic carbocycles. The van der Waals surface area contributed by atoms with Crippen molar-refractivity contribution in [2.24, 2.45) is 0 Å². The third kappa shape index (κ3) is 3.23. The zero-order valence-corrected chi connectivity index (χ0v) is 12.9. The lowest BCUT2D eigenvalue weighted by molar-refractivity contribution is 0.0636. The summed E-state index contributed by atoms with van der Waals surface area (Å²) in [5, 5.41) is 10.7. The average Bonchev–Trinajstić information content (AvgIpc) is 2.66. The van der Waals surface area contributed by atoms with Crippen molar-refractivity contribution in [2.75, 3.05) is 17.2 Å². The van der Waals surface area contributed by atoms with Crippen molar-refractivity contribution in [3.8, 4) is 0 Å². The number of amides is 1. The summed E-state index contributed by atoms with van der Waals surface area (Å²) < 4.78 is 7.24. The summed E-state index contributed by atoms with van der Waals surface area (Å²) in [6.07, 6.45) is 0.598. The third-order valence-electron chi connectivity index (χ3n) is 2.99. The Morgan fingerprint density at radius 1 is 1.45 bits per heavy atom. The summed E-state index contributed by atoms with van der Waals surface area (Å²) in [6, 6.07) is 0. The molecule has 6 heteroatoms. The van der Waals surface area contributed by atoms with E-state index >= 15 is 0 Å². The van der Waals surface area contributed by atoms with Crippen molar-refractivity contribution < 1.29 is 9.53 Å². The molecular formula is C14H24N4O2. The first kappa shape index (κ1) is 14.7. The first-order valence-corrected chi connectivity index (χ1v) is 7.12. The summed E-state index contributed by atoms with van der Waals surface area (Å²) in [5.41, 5.74) is 1.12. The number of nitrogens with zero attached hydrogens (tertiary/aromatic N) is 2. The molecule has 112 valence electrons. The van der Waals surface area contributed by atoms with Gasteiger partial charge >= 0.3 is 6.09 Å². The Hall–Kier alpha value is -1.72. The van der Waals surface area contributed by atoms with Crippen LogP contribution in [0.3, 0.4) is 0 Å². The number of aryl methyl sites for hydroxylation is 1. The topological polar surface area (TPSA) is 68.2 Å². The van der Waals surface area contributed by atoms with Gasteiger partial charge < -0.3 is 10.1 Å². The highest BCUT2D eigenvalue weighted by Crippen LogP contribution is 2.33. The number of carbonyl (C=O) groups is 1. The molecule has 0 atom stereocenters. The van der Waals surface area contributed by atoms with Crippen LogP contribution in [0.15, 0.2) is 0 Å². The van der Waals surface area contributed by atoms with Crippen LogP contribution in [-0.4, -0.2) is 28.0 Å². The van der Waals surface area contributed by atoms with E-state index in [9.17, 15) is 4.79 Å². The Kier molecular flexibility index (Phi) is 3.92. The molecular weight excluding hydrogens is 256 g/mol. The molecule has 0 saturated heterocycles. The first-order chi connectivity index (χ1) is 9.28. The van der Waals surface area contributed by atoms with E-state index in [1.807, 2.05) is 25.5 Å². The molecule has 0 aromatic carbocycles. The molecule has 2 N–H and O–H groups in total. The molecule has 1 aromatic heterocycles. The lowest BCUT2D eigenvalue weighted by Crippen LogP contribution is -2.28. The zero-order valence-electron chi connectivity index (χ0n) is 12.9. The highest BCUT2D eigenvalue weighted by atomic mass is 16.6. The van der Waals surface area contributed by atoms with Gasteiger partial charge in [0.25, 0.3) is 0 Å². The van der Waals surface area contributed by atoms with Crippen molar-refractivity contribution in [3.05, 3.63) is 5.69 Å². The van der Waals surface area contributed by atoms with Gasteiger partial charge in [-0.25, -0.2) is 9.48 Å². The lowest BCUT2D eigenvalue weighted by Gasteiger charge is -2.21. The van der Waals surface area contributed by atoms with Gasteiger partial charge in [-0.05, 0) is 33.1 Å². The van der Waals surface area contributed by atoms with Crippen LogP contribution in [0, 0.1) is 0 Å². The van der Waals surface area contributed by atoms with Gasteiger partial charge in [0.1, 0.15) is 17.1 Å². The van der Waals surface area contributed by atoms with Crippen LogP contribution < -0.4 is 10.6 Å². The summed E-state index contributed by atoms with van der Waals surface area (Å²) in [5.74, 6) is 1.12. The largest absolute Gasteiger partial charge is 0.444 e. The van der Waals surface area contributed by atoms with Crippen LogP contribution in [0.5, 0.6) is 0 Å². The van der Waals surface area contributed by atoms with Gasteiger partial charge in [0.05, 0.1) is 5.69 Å². The molecule has 1 amide bonds. The maximum atomic E-state index is 12.0. The number of rotatable bonds is 2. The number of nitrogens with one attached hydrogen (secondary N) is 2. The molecule has 0 spiro atoms. The molecule has 0 bridgehead atoms. The average molecular weight is 280 g/mol. The van der Waals surface area contributed by atoms with Gasteiger partial charge in [0, 0.05) is 13.1 Å². The second kappa shape index (κ2) is 5.34. The second-order valence-electron chi connectivity index (χ2n) is 6.39. The minimum Gasteiger partial charge on any atom is -0.444 e. The van der Waals surface area contributed by atoms with Gasteiger partial charge in [-0.1, -0.05) is 13.8 Å². The Bertz CT molecular complexity index is 500. The number of hydrogen-bond donors (Lipinski definition) is 2. The molecule has 1 aliphatic heterocycles. The van der Waals surface area contributed by atoms with Crippen molar-refractivity contribution >= 4 is 17.6 Å². The molecule has 0 fully saturated rings. The number of hydrogen-bond acceptors (Lipinski definition) is 4. The normalized spacial score (nSPS) is 14.7. The van der Waals surface area contributed by atoms with Crippen LogP contribution in [-0.2, 0) is 11.3 Å². The summed E-state index contributed by atoms with van der Waals surface area (Å²) in [4.78, 5) is 12.0. The fourth-order valence-corrected chi connectivity index (χ4v) is 2.19. The van der Waals surface area contributed by atoms with Crippen molar-refractivity contribution in [1.29, 1.82) is 0 Å². The van der Waals surface area contributed by atoms with E-state index in [-0.39, 0.29) is 5.92 Å². The molecule has 20 heavy (non-hydrogen) atoms. The Morgan fingerprint density at radius 2 is 2.15 bits per heavy atom. The van der Waals surface area contributed by atoms with Crippen LogP contribution in [0.2, 0.25) is 0 Å². The second-order valence-corrected chi connectivity index (χ2v) is 6.39. The number of fused-ring (bicyclic) bond motifs is 1. The summed E-state index contributed by atoms with van der Waals surface area (Å²) >= 11 is 0. The minimum absolute atomic E-state index is 0.236. The van der Waals surface area contributed by atoms with Crippen molar-refractivity contribution in [2.45, 2.75) is 59.1 Å². The minimum atomic E-state index is -0.511. The summed E-state index contributed by atoms with van der Waals surface area (Å²) in [7, 11) is 0. The maximum Gasteiger partial charge on any atom is 0.412 e. The van der Waals surface area contributed by atoms with Gasteiger partial charge in [-0.2, -0.15) is 5.10 Å². The van der Waals surface area contributed by atoms with E-state index in [1.165, 1.54) is 0 Å². The predicted octanol–water partition coefficient (Wildman–Crippen LogP) is 3.17. The molecule has 2 heterocycles. The van der Waals surface area contributed by atoms with Crippen LogP contribution >= 0.6 is 0 Å². The van der Waals surface area contributed by atoms with Gasteiger partial charge in [-0.15, -0.1) is 0 Å². The Balaban J connectivity index is 2.25. The molecule has 1 aliphatic rings. The maximum absolute atomic E-state index is 12.0. The predicted molar refractivity (Wildman–Crippen MR) is 79.3 cm³/mol. The zero-order chi connectivity index (χ0) is 14.9. The molecule has 0 radical (unpaired) electrons. The Labute approximate surface area is 119 Å². The first-order valence-electron chi connectivity index (χ1n) is 7.12. The van der Waals surface area contributed by atoms with Crippen molar-refractivity contribution in [1.82, 2.24) is 9.78 Å².